The topological polar surface area (TPSA) is 42.0 Å². The minimum Gasteiger partial charge on any atom is -0.298 e. The van der Waals surface area contributed by atoms with Crippen LogP contribution in [-0.2, 0) is 6.42 Å². The van der Waals surface area contributed by atoms with E-state index in [1.807, 2.05) is 0 Å². The van der Waals surface area contributed by atoms with E-state index >= 15 is 0 Å². The monoisotopic (exact) mass is 414 g/mol. The van der Waals surface area contributed by atoms with Gasteiger partial charge < -0.3 is 0 Å². The zero-order chi connectivity index (χ0) is 18.0. The zero-order valence-electron chi connectivity index (χ0n) is 12.5. The number of carbonyl (C=O) groups is 1. The minimum absolute atomic E-state index is 0.0417. The van der Waals surface area contributed by atoms with Crippen molar-refractivity contribution in [1.29, 1.82) is 0 Å². The molecule has 8 heteroatoms. The second kappa shape index (κ2) is 7.70. The first-order valence-electron chi connectivity index (χ1n) is 7.07. The summed E-state index contributed by atoms with van der Waals surface area (Å²) in [5.41, 5.74) is 1.05. The smallest absolute Gasteiger partial charge is 0.258 e. The third-order valence-electron chi connectivity index (χ3n) is 3.32. The van der Waals surface area contributed by atoms with E-state index in [4.69, 9.17) is 34.8 Å². The van der Waals surface area contributed by atoms with Crippen molar-refractivity contribution < 1.29 is 9.18 Å². The number of nitrogens with one attached hydrogen (secondary N) is 1. The fourth-order valence-corrected chi connectivity index (χ4v) is 3.61. The number of amides is 1. The van der Waals surface area contributed by atoms with E-state index in [1.165, 1.54) is 23.5 Å². The van der Waals surface area contributed by atoms with Gasteiger partial charge in [-0.25, -0.2) is 9.37 Å². The Hall–Kier alpha value is -1.66. The van der Waals surface area contributed by atoms with Gasteiger partial charge in [-0.2, -0.15) is 0 Å². The largest absolute Gasteiger partial charge is 0.298 e. The summed E-state index contributed by atoms with van der Waals surface area (Å²) in [4.78, 5) is 17.3. The highest BCUT2D eigenvalue weighted by Crippen LogP contribution is 2.27. The Kier molecular flexibility index (Phi) is 5.59. The van der Waals surface area contributed by atoms with Gasteiger partial charge in [-0.1, -0.05) is 34.8 Å². The van der Waals surface area contributed by atoms with Crippen LogP contribution in [0.4, 0.5) is 9.52 Å². The molecule has 2 aromatic carbocycles. The summed E-state index contributed by atoms with van der Waals surface area (Å²) < 4.78 is 13.1. The fourth-order valence-electron chi connectivity index (χ4n) is 2.15. The number of carbonyl (C=O) groups excluding carboxylic acids is 1. The Morgan fingerprint density at radius 2 is 1.92 bits per heavy atom. The number of thiazole rings is 1. The lowest BCUT2D eigenvalue weighted by atomic mass is 10.1. The van der Waals surface area contributed by atoms with Gasteiger partial charge in [0.15, 0.2) is 5.13 Å². The van der Waals surface area contributed by atoms with Gasteiger partial charge in [-0.3, -0.25) is 10.1 Å². The van der Waals surface area contributed by atoms with Gasteiger partial charge >= 0.3 is 0 Å². The molecule has 3 rings (SSSR count). The van der Waals surface area contributed by atoms with Crippen molar-refractivity contribution in [2.24, 2.45) is 0 Å². The maximum Gasteiger partial charge on any atom is 0.258 e. The van der Waals surface area contributed by atoms with Crippen molar-refractivity contribution in [3.8, 4) is 0 Å². The highest BCUT2D eigenvalue weighted by Gasteiger charge is 2.14. The molecule has 128 valence electrons. The van der Waals surface area contributed by atoms with Crippen molar-refractivity contribution in [2.75, 3.05) is 5.32 Å². The first-order valence-corrected chi connectivity index (χ1v) is 9.02. The summed E-state index contributed by atoms with van der Waals surface area (Å²) >= 11 is 19.3. The molecular formula is C17H10Cl3FN2OS. The Balaban J connectivity index is 1.73. The predicted octanol–water partition coefficient (Wildman–Crippen LogP) is 6.09. The average molecular weight is 416 g/mol. The summed E-state index contributed by atoms with van der Waals surface area (Å²) in [5.74, 6) is -0.955. The molecule has 3 aromatic rings. The molecular weight excluding hydrogens is 406 g/mol. The van der Waals surface area contributed by atoms with Crippen LogP contribution in [0.15, 0.2) is 42.6 Å². The van der Waals surface area contributed by atoms with Crippen LogP contribution in [0.5, 0.6) is 0 Å². The van der Waals surface area contributed by atoms with E-state index in [9.17, 15) is 9.18 Å². The standard InChI is InChI=1S/C17H10Cl3FN2OS/c18-10-1-4-14(19)9(5-10)6-12-8-22-17(25-12)23-16(24)13-3-2-11(21)7-15(13)20/h1-5,7-8H,6H2,(H,22,23,24). The van der Waals surface area contributed by atoms with E-state index < -0.39 is 11.7 Å². The quantitative estimate of drug-likeness (QED) is 0.560. The number of aromatic nitrogens is 1. The van der Waals surface area contributed by atoms with Gasteiger partial charge in [0.05, 0.1) is 10.6 Å². The van der Waals surface area contributed by atoms with Crippen molar-refractivity contribution in [2.45, 2.75) is 6.42 Å². The van der Waals surface area contributed by atoms with Gasteiger partial charge in [-0.15, -0.1) is 11.3 Å². The number of benzene rings is 2. The molecule has 0 radical (unpaired) electrons. The number of nitrogens with zero attached hydrogens (tertiary/aromatic N) is 1. The third-order valence-corrected chi connectivity index (χ3v) is 5.15. The number of rotatable bonds is 4. The van der Waals surface area contributed by atoms with Crippen molar-refractivity contribution >= 4 is 57.2 Å². The third kappa shape index (κ3) is 4.50. The first-order chi connectivity index (χ1) is 11.9. The minimum atomic E-state index is -0.503. The molecule has 0 aliphatic heterocycles. The molecule has 0 atom stereocenters. The summed E-state index contributed by atoms with van der Waals surface area (Å²) in [5, 5.41) is 4.32. The molecule has 0 fully saturated rings. The van der Waals surface area contributed by atoms with Crippen LogP contribution >= 0.6 is 46.1 Å². The second-order valence-corrected chi connectivity index (χ2v) is 7.49. The molecule has 3 nitrogen and oxygen atoms in total. The SMILES string of the molecule is O=C(Nc1ncc(Cc2cc(Cl)ccc2Cl)s1)c1ccc(F)cc1Cl. The van der Waals surface area contributed by atoms with Crippen LogP contribution in [0.2, 0.25) is 15.1 Å². The molecule has 1 heterocycles. The van der Waals surface area contributed by atoms with Crippen LogP contribution in [0.25, 0.3) is 0 Å². The Morgan fingerprint density at radius 3 is 2.68 bits per heavy atom. The number of anilines is 1. The van der Waals surface area contributed by atoms with Crippen LogP contribution in [0.3, 0.4) is 0 Å². The van der Waals surface area contributed by atoms with Gasteiger partial charge in [0.2, 0.25) is 0 Å². The van der Waals surface area contributed by atoms with Gasteiger partial charge in [0, 0.05) is 27.5 Å². The van der Waals surface area contributed by atoms with Crippen molar-refractivity contribution in [1.82, 2.24) is 4.98 Å². The normalized spacial score (nSPS) is 10.7. The van der Waals surface area contributed by atoms with Crippen molar-refractivity contribution in [3.05, 3.63) is 79.5 Å². The van der Waals surface area contributed by atoms with Crippen LogP contribution in [0, 0.1) is 5.82 Å². The van der Waals surface area contributed by atoms with E-state index in [0.29, 0.717) is 21.6 Å². The van der Waals surface area contributed by atoms with Gasteiger partial charge in [0.25, 0.3) is 5.91 Å². The van der Waals surface area contributed by atoms with Crippen LogP contribution < -0.4 is 5.32 Å². The highest BCUT2D eigenvalue weighted by atomic mass is 35.5. The maximum absolute atomic E-state index is 13.1. The molecule has 0 saturated heterocycles. The van der Waals surface area contributed by atoms with Crippen molar-refractivity contribution in [3.63, 3.8) is 0 Å². The molecule has 0 unspecified atom stereocenters. The molecule has 0 bridgehead atoms. The Morgan fingerprint density at radius 1 is 1.12 bits per heavy atom. The molecule has 1 N–H and O–H groups in total. The number of hydrogen-bond donors (Lipinski definition) is 1. The average Bonchev–Trinajstić information content (AvgIpc) is 2.97. The summed E-state index contributed by atoms with van der Waals surface area (Å²) in [7, 11) is 0. The molecule has 1 aromatic heterocycles. The van der Waals surface area contributed by atoms with Crippen LogP contribution in [0.1, 0.15) is 20.8 Å². The number of hydrogen-bond acceptors (Lipinski definition) is 3. The van der Waals surface area contributed by atoms with Gasteiger partial charge in [0.1, 0.15) is 5.82 Å². The molecule has 25 heavy (non-hydrogen) atoms. The molecule has 0 aliphatic rings. The summed E-state index contributed by atoms with van der Waals surface area (Å²) in [6.45, 7) is 0. The van der Waals surface area contributed by atoms with E-state index in [1.54, 1.807) is 24.4 Å². The number of halogens is 4. The lowest BCUT2D eigenvalue weighted by Gasteiger charge is -2.04. The predicted molar refractivity (Wildman–Crippen MR) is 101 cm³/mol. The molecule has 0 aliphatic carbocycles. The molecule has 0 saturated carbocycles. The fraction of sp³-hybridized carbons (Fsp3) is 0.0588. The Labute approximate surface area is 162 Å². The lowest BCUT2D eigenvalue weighted by molar-refractivity contribution is 0.102. The lowest BCUT2D eigenvalue weighted by Crippen LogP contribution is -2.12. The first kappa shape index (κ1) is 18.1. The highest BCUT2D eigenvalue weighted by molar-refractivity contribution is 7.15. The summed E-state index contributed by atoms with van der Waals surface area (Å²) in [6.07, 6.45) is 2.20. The summed E-state index contributed by atoms with van der Waals surface area (Å²) in [6, 6.07) is 8.84. The van der Waals surface area contributed by atoms with E-state index in [0.717, 1.165) is 16.5 Å². The Bertz CT molecular complexity index is 945. The van der Waals surface area contributed by atoms with Gasteiger partial charge in [-0.05, 0) is 42.0 Å². The molecule has 0 spiro atoms. The van der Waals surface area contributed by atoms with E-state index in [2.05, 4.69) is 10.3 Å². The second-order valence-electron chi connectivity index (χ2n) is 5.12. The molecule has 1 amide bonds. The van der Waals surface area contributed by atoms with Crippen LogP contribution in [-0.4, -0.2) is 10.9 Å². The zero-order valence-corrected chi connectivity index (χ0v) is 15.6. The maximum atomic E-state index is 13.1. The van der Waals surface area contributed by atoms with E-state index in [-0.39, 0.29) is 10.6 Å².